The lowest BCUT2D eigenvalue weighted by molar-refractivity contribution is 0.0708. The fraction of sp³-hybridized carbons (Fsp3) is 0.316. The number of urea groups is 1. The van der Waals surface area contributed by atoms with Gasteiger partial charge in [-0.1, -0.05) is 0 Å². The van der Waals surface area contributed by atoms with Gasteiger partial charge in [-0.15, -0.1) is 0 Å². The quantitative estimate of drug-likeness (QED) is 0.825. The van der Waals surface area contributed by atoms with Gasteiger partial charge in [-0.05, 0) is 50.1 Å². The molecule has 0 bridgehead atoms. The first-order valence-corrected chi connectivity index (χ1v) is 8.53. The number of piperidine rings is 1. The van der Waals surface area contributed by atoms with E-state index in [2.05, 4.69) is 10.6 Å². The second-order valence-electron chi connectivity index (χ2n) is 6.31. The number of anilines is 1. The van der Waals surface area contributed by atoms with Gasteiger partial charge in [-0.2, -0.15) is 0 Å². The van der Waals surface area contributed by atoms with Crippen LogP contribution in [0.3, 0.4) is 0 Å². The van der Waals surface area contributed by atoms with E-state index in [1.165, 1.54) is 19.5 Å². The van der Waals surface area contributed by atoms with Crippen molar-refractivity contribution in [1.29, 1.82) is 0 Å². The van der Waals surface area contributed by atoms with Crippen molar-refractivity contribution in [2.45, 2.75) is 25.8 Å². The van der Waals surface area contributed by atoms with E-state index in [1.807, 2.05) is 0 Å². The van der Waals surface area contributed by atoms with Crippen LogP contribution in [0.15, 0.2) is 47.3 Å². The average Bonchev–Trinajstić information content (AvgIpc) is 3.17. The van der Waals surface area contributed by atoms with Crippen molar-refractivity contribution in [1.82, 2.24) is 10.2 Å². The molecule has 1 aromatic carbocycles. The summed E-state index contributed by atoms with van der Waals surface area (Å²) in [7, 11) is 0. The van der Waals surface area contributed by atoms with Crippen molar-refractivity contribution in [3.05, 3.63) is 54.0 Å². The van der Waals surface area contributed by atoms with Gasteiger partial charge in [-0.3, -0.25) is 9.59 Å². The molecule has 1 saturated heterocycles. The molecular formula is C19H21N3O4. The second-order valence-corrected chi connectivity index (χ2v) is 6.31. The number of benzene rings is 1. The number of rotatable bonds is 4. The number of carbonyl (C=O) groups is 3. The molecular weight excluding hydrogens is 334 g/mol. The van der Waals surface area contributed by atoms with Crippen LogP contribution in [-0.4, -0.2) is 41.8 Å². The molecule has 0 aliphatic carbocycles. The van der Waals surface area contributed by atoms with Gasteiger partial charge in [0.15, 0.2) is 5.78 Å². The topological polar surface area (TPSA) is 91.7 Å². The highest BCUT2D eigenvalue weighted by atomic mass is 16.3. The minimum absolute atomic E-state index is 0.0138. The van der Waals surface area contributed by atoms with E-state index in [9.17, 15) is 14.4 Å². The van der Waals surface area contributed by atoms with Crippen LogP contribution >= 0.6 is 0 Å². The summed E-state index contributed by atoms with van der Waals surface area (Å²) in [6, 6.07) is 8.12. The number of nitrogens with zero attached hydrogens (tertiary/aromatic N) is 1. The third kappa shape index (κ3) is 4.30. The number of carbonyl (C=O) groups excluding carboxylic acids is 3. The molecule has 7 nitrogen and oxygen atoms in total. The number of hydrogen-bond donors (Lipinski definition) is 2. The van der Waals surface area contributed by atoms with Gasteiger partial charge >= 0.3 is 6.03 Å². The molecule has 1 aromatic heterocycles. The Morgan fingerprint density at radius 3 is 2.31 bits per heavy atom. The van der Waals surface area contributed by atoms with Crippen LogP contribution in [0.2, 0.25) is 0 Å². The molecule has 2 heterocycles. The van der Waals surface area contributed by atoms with Gasteiger partial charge in [0.2, 0.25) is 0 Å². The fourth-order valence-corrected chi connectivity index (χ4v) is 2.94. The summed E-state index contributed by atoms with van der Waals surface area (Å²) in [5.74, 6) is -0.0649. The molecule has 136 valence electrons. The highest BCUT2D eigenvalue weighted by Crippen LogP contribution is 2.15. The predicted octanol–water partition coefficient (Wildman–Crippen LogP) is 2.91. The summed E-state index contributed by atoms with van der Waals surface area (Å²) in [4.78, 5) is 37.4. The molecule has 2 aromatic rings. The summed E-state index contributed by atoms with van der Waals surface area (Å²) in [5, 5.41) is 5.68. The molecule has 3 rings (SSSR count). The van der Waals surface area contributed by atoms with Crippen molar-refractivity contribution >= 4 is 23.4 Å². The van der Waals surface area contributed by atoms with Gasteiger partial charge in [0, 0.05) is 30.4 Å². The van der Waals surface area contributed by atoms with Gasteiger partial charge < -0.3 is 20.0 Å². The lowest BCUT2D eigenvalue weighted by Crippen LogP contribution is -2.47. The maximum absolute atomic E-state index is 12.2. The SMILES string of the molecule is CC(=O)c1ccc(NC(=O)NC2CCN(C(=O)c3ccoc3)CC2)cc1. The highest BCUT2D eigenvalue weighted by Gasteiger charge is 2.25. The van der Waals surface area contributed by atoms with Crippen LogP contribution in [-0.2, 0) is 0 Å². The van der Waals surface area contributed by atoms with Gasteiger partial charge in [-0.25, -0.2) is 4.79 Å². The standard InChI is InChI=1S/C19H21N3O4/c1-13(23)14-2-4-16(5-3-14)20-19(25)21-17-6-9-22(10-7-17)18(24)15-8-11-26-12-15/h2-5,8,11-12,17H,6-7,9-10H2,1H3,(H2,20,21,25). The molecule has 7 heteroatoms. The first-order valence-electron chi connectivity index (χ1n) is 8.53. The van der Waals surface area contributed by atoms with Crippen LogP contribution in [0.5, 0.6) is 0 Å². The lowest BCUT2D eigenvalue weighted by atomic mass is 10.0. The fourth-order valence-electron chi connectivity index (χ4n) is 2.94. The van der Waals surface area contributed by atoms with Crippen molar-refractivity contribution in [2.24, 2.45) is 0 Å². The Balaban J connectivity index is 1.46. The average molecular weight is 355 g/mol. The van der Waals surface area contributed by atoms with Crippen LogP contribution in [0.1, 0.15) is 40.5 Å². The predicted molar refractivity (Wildman–Crippen MR) is 96.2 cm³/mol. The summed E-state index contributed by atoms with van der Waals surface area (Å²) < 4.78 is 4.95. The first kappa shape index (κ1) is 17.7. The lowest BCUT2D eigenvalue weighted by Gasteiger charge is -2.32. The van der Waals surface area contributed by atoms with E-state index in [4.69, 9.17) is 4.42 Å². The minimum atomic E-state index is -0.291. The van der Waals surface area contributed by atoms with Crippen LogP contribution in [0, 0.1) is 0 Å². The Hall–Kier alpha value is -3.09. The molecule has 2 N–H and O–H groups in total. The Kier molecular flexibility index (Phi) is 5.36. The Bertz CT molecular complexity index is 776. The van der Waals surface area contributed by atoms with Gasteiger partial charge in [0.25, 0.3) is 5.91 Å². The van der Waals surface area contributed by atoms with E-state index in [1.54, 1.807) is 35.2 Å². The van der Waals surface area contributed by atoms with Crippen molar-refractivity contribution < 1.29 is 18.8 Å². The number of amides is 3. The molecule has 26 heavy (non-hydrogen) atoms. The molecule has 0 saturated carbocycles. The number of ketones is 1. The zero-order chi connectivity index (χ0) is 18.5. The van der Waals surface area contributed by atoms with E-state index < -0.39 is 0 Å². The molecule has 1 aliphatic rings. The molecule has 0 unspecified atom stereocenters. The molecule has 0 spiro atoms. The smallest absolute Gasteiger partial charge is 0.319 e. The number of furan rings is 1. The van der Waals surface area contributed by atoms with Crippen LogP contribution in [0.4, 0.5) is 10.5 Å². The van der Waals surface area contributed by atoms with Crippen molar-refractivity contribution in [3.63, 3.8) is 0 Å². The van der Waals surface area contributed by atoms with Crippen LogP contribution < -0.4 is 10.6 Å². The van der Waals surface area contributed by atoms with E-state index >= 15 is 0 Å². The zero-order valence-corrected chi connectivity index (χ0v) is 14.5. The minimum Gasteiger partial charge on any atom is -0.472 e. The summed E-state index contributed by atoms with van der Waals surface area (Å²) in [6.07, 6.45) is 4.31. The summed E-state index contributed by atoms with van der Waals surface area (Å²) in [6.45, 7) is 2.67. The molecule has 0 atom stereocenters. The highest BCUT2D eigenvalue weighted by molar-refractivity contribution is 5.95. The normalized spacial score (nSPS) is 14.7. The largest absolute Gasteiger partial charge is 0.472 e. The first-order chi connectivity index (χ1) is 12.5. The van der Waals surface area contributed by atoms with E-state index in [0.717, 1.165) is 0 Å². The Labute approximate surface area is 151 Å². The van der Waals surface area contributed by atoms with E-state index in [0.29, 0.717) is 42.7 Å². The van der Waals surface area contributed by atoms with Crippen molar-refractivity contribution in [2.75, 3.05) is 18.4 Å². The number of likely N-dealkylation sites (tertiary alicyclic amines) is 1. The molecule has 1 fully saturated rings. The summed E-state index contributed by atoms with van der Waals surface area (Å²) in [5.41, 5.74) is 1.77. The number of hydrogen-bond acceptors (Lipinski definition) is 4. The van der Waals surface area contributed by atoms with Gasteiger partial charge in [0.1, 0.15) is 6.26 Å². The Morgan fingerprint density at radius 1 is 1.04 bits per heavy atom. The van der Waals surface area contributed by atoms with E-state index in [-0.39, 0.29) is 23.8 Å². The number of nitrogens with one attached hydrogen (secondary N) is 2. The molecule has 1 aliphatic heterocycles. The molecule has 3 amide bonds. The van der Waals surface area contributed by atoms with Crippen LogP contribution in [0.25, 0.3) is 0 Å². The third-order valence-corrected chi connectivity index (χ3v) is 4.43. The van der Waals surface area contributed by atoms with Gasteiger partial charge in [0.05, 0.1) is 11.8 Å². The number of Topliss-reactive ketones (excluding diaryl/α,β-unsaturated/α-hetero) is 1. The maximum atomic E-state index is 12.2. The maximum Gasteiger partial charge on any atom is 0.319 e. The summed E-state index contributed by atoms with van der Waals surface area (Å²) >= 11 is 0. The monoisotopic (exact) mass is 355 g/mol. The third-order valence-electron chi connectivity index (χ3n) is 4.43. The second kappa shape index (κ2) is 7.86. The zero-order valence-electron chi connectivity index (χ0n) is 14.5. The molecule has 0 radical (unpaired) electrons. The van der Waals surface area contributed by atoms with Crippen molar-refractivity contribution in [3.8, 4) is 0 Å². The Morgan fingerprint density at radius 2 is 1.73 bits per heavy atom.